The molecule has 3 rings (SSSR count). The molecule has 0 atom stereocenters. The van der Waals surface area contributed by atoms with Crippen LogP contribution < -0.4 is 10.1 Å². The third kappa shape index (κ3) is 5.24. The average molecular weight is 414 g/mol. The maximum atomic E-state index is 12.7. The van der Waals surface area contributed by atoms with Crippen molar-refractivity contribution in [3.63, 3.8) is 0 Å². The van der Waals surface area contributed by atoms with Crippen molar-refractivity contribution in [2.24, 2.45) is 0 Å². The van der Waals surface area contributed by atoms with Crippen LogP contribution in [0.1, 0.15) is 28.5 Å². The molecule has 0 unspecified atom stereocenters. The summed E-state index contributed by atoms with van der Waals surface area (Å²) in [6.45, 7) is 4.44. The Morgan fingerprint density at radius 3 is 2.82 bits per heavy atom. The number of carbonyl (C=O) groups excluding carboxylic acids is 1. The lowest BCUT2D eigenvalue weighted by Crippen LogP contribution is -2.16. The van der Waals surface area contributed by atoms with Crippen molar-refractivity contribution < 1.29 is 9.53 Å². The van der Waals surface area contributed by atoms with Gasteiger partial charge in [-0.1, -0.05) is 65.3 Å². The maximum Gasteiger partial charge on any atom is 0.276 e. The Morgan fingerprint density at radius 2 is 2.04 bits per heavy atom. The number of aromatic nitrogens is 2. The van der Waals surface area contributed by atoms with Crippen LogP contribution in [0.2, 0.25) is 5.02 Å². The van der Waals surface area contributed by atoms with E-state index in [9.17, 15) is 4.79 Å². The number of amides is 1. The first-order chi connectivity index (χ1) is 13.6. The molecule has 5 nitrogen and oxygen atoms in total. The molecule has 0 aliphatic heterocycles. The Kier molecular flexibility index (Phi) is 6.90. The average Bonchev–Trinajstić information content (AvgIpc) is 2.69. The van der Waals surface area contributed by atoms with Crippen LogP contribution in [0.25, 0.3) is 0 Å². The number of nitrogens with zero attached hydrogens (tertiary/aromatic N) is 2. The van der Waals surface area contributed by atoms with Crippen molar-refractivity contribution >= 4 is 35.0 Å². The normalized spacial score (nSPS) is 10.5. The summed E-state index contributed by atoms with van der Waals surface area (Å²) in [5.41, 5.74) is 3.07. The van der Waals surface area contributed by atoms with Crippen LogP contribution in [0.4, 0.5) is 5.69 Å². The molecule has 1 heterocycles. The van der Waals surface area contributed by atoms with Gasteiger partial charge < -0.3 is 10.1 Å². The zero-order valence-corrected chi connectivity index (χ0v) is 17.2. The van der Waals surface area contributed by atoms with Gasteiger partial charge in [0.25, 0.3) is 5.91 Å². The summed E-state index contributed by atoms with van der Waals surface area (Å²) < 4.78 is 5.54. The number of benzene rings is 2. The van der Waals surface area contributed by atoms with Crippen LogP contribution in [0.15, 0.2) is 59.9 Å². The Balaban J connectivity index is 1.74. The molecule has 0 aliphatic carbocycles. The Morgan fingerprint density at radius 1 is 1.21 bits per heavy atom. The fourth-order valence-corrected chi connectivity index (χ4v) is 3.50. The molecule has 0 aliphatic rings. The summed E-state index contributed by atoms with van der Waals surface area (Å²) in [7, 11) is 0. The smallest absolute Gasteiger partial charge is 0.276 e. The highest BCUT2D eigenvalue weighted by Gasteiger charge is 2.16. The number of para-hydroxylation sites is 2. The van der Waals surface area contributed by atoms with Crippen molar-refractivity contribution in [1.82, 2.24) is 9.97 Å². The molecule has 7 heteroatoms. The molecule has 144 valence electrons. The number of thioether (sulfide) groups is 1. The minimum atomic E-state index is -0.406. The lowest BCUT2D eigenvalue weighted by molar-refractivity contribution is 0.102. The van der Waals surface area contributed by atoms with E-state index >= 15 is 0 Å². The van der Waals surface area contributed by atoms with E-state index in [-0.39, 0.29) is 10.7 Å². The number of anilines is 1. The number of halogens is 1. The first kappa shape index (κ1) is 20.2. The van der Waals surface area contributed by atoms with Crippen LogP contribution in [-0.2, 0) is 5.75 Å². The molecule has 0 bridgehead atoms. The molecule has 0 saturated heterocycles. The SMILES string of the molecule is CCOc1ccccc1NC(=O)c1nc(SCc2cccc(C)c2)ncc1Cl. The first-order valence-corrected chi connectivity index (χ1v) is 10.2. The molecule has 28 heavy (non-hydrogen) atoms. The highest BCUT2D eigenvalue weighted by Crippen LogP contribution is 2.26. The molecule has 3 aromatic rings. The number of nitrogens with one attached hydrogen (secondary N) is 1. The number of hydrogen-bond donors (Lipinski definition) is 1. The molecular weight excluding hydrogens is 394 g/mol. The van der Waals surface area contributed by atoms with Crippen molar-refractivity contribution in [2.45, 2.75) is 24.8 Å². The van der Waals surface area contributed by atoms with E-state index in [2.05, 4.69) is 34.3 Å². The fourth-order valence-electron chi connectivity index (χ4n) is 2.56. The topological polar surface area (TPSA) is 64.1 Å². The summed E-state index contributed by atoms with van der Waals surface area (Å²) in [5.74, 6) is 0.895. The van der Waals surface area contributed by atoms with Gasteiger partial charge >= 0.3 is 0 Å². The van der Waals surface area contributed by atoms with Crippen molar-refractivity contribution in [3.8, 4) is 5.75 Å². The third-order valence-electron chi connectivity index (χ3n) is 3.82. The zero-order chi connectivity index (χ0) is 19.9. The van der Waals surface area contributed by atoms with Crippen LogP contribution in [0, 0.1) is 6.92 Å². The van der Waals surface area contributed by atoms with Gasteiger partial charge in [0.05, 0.1) is 23.5 Å². The second kappa shape index (κ2) is 9.57. The Labute approximate surface area is 173 Å². The van der Waals surface area contributed by atoms with E-state index in [4.69, 9.17) is 16.3 Å². The molecule has 0 radical (unpaired) electrons. The summed E-state index contributed by atoms with van der Waals surface area (Å²) in [6.07, 6.45) is 1.45. The Bertz CT molecular complexity index is 981. The van der Waals surface area contributed by atoms with Gasteiger partial charge in [0, 0.05) is 5.75 Å². The largest absolute Gasteiger partial charge is 0.492 e. The maximum absolute atomic E-state index is 12.7. The number of hydrogen-bond acceptors (Lipinski definition) is 5. The van der Waals surface area contributed by atoms with Crippen LogP contribution in [-0.4, -0.2) is 22.5 Å². The van der Waals surface area contributed by atoms with Gasteiger partial charge in [-0.2, -0.15) is 0 Å². The van der Waals surface area contributed by atoms with Gasteiger partial charge in [-0.25, -0.2) is 9.97 Å². The van der Waals surface area contributed by atoms with E-state index in [1.54, 1.807) is 12.1 Å². The predicted molar refractivity (Wildman–Crippen MR) is 113 cm³/mol. The minimum absolute atomic E-state index is 0.134. The van der Waals surface area contributed by atoms with E-state index in [1.807, 2.05) is 31.2 Å². The third-order valence-corrected chi connectivity index (χ3v) is 5.03. The van der Waals surface area contributed by atoms with Crippen molar-refractivity contribution in [1.29, 1.82) is 0 Å². The summed E-state index contributed by atoms with van der Waals surface area (Å²) in [5, 5.41) is 3.51. The summed E-state index contributed by atoms with van der Waals surface area (Å²) >= 11 is 7.62. The number of rotatable bonds is 7. The molecule has 0 saturated carbocycles. The lowest BCUT2D eigenvalue weighted by Gasteiger charge is -2.11. The van der Waals surface area contributed by atoms with E-state index in [0.29, 0.717) is 29.0 Å². The van der Waals surface area contributed by atoms with Gasteiger partial charge in [0.2, 0.25) is 0 Å². The first-order valence-electron chi connectivity index (χ1n) is 8.81. The molecule has 1 N–H and O–H groups in total. The predicted octanol–water partition coefficient (Wildman–Crippen LogP) is 5.38. The van der Waals surface area contributed by atoms with Crippen molar-refractivity contribution in [3.05, 3.63) is 76.6 Å². The second-order valence-electron chi connectivity index (χ2n) is 6.01. The summed E-state index contributed by atoms with van der Waals surface area (Å²) in [4.78, 5) is 21.3. The number of ether oxygens (including phenoxy) is 1. The fraction of sp³-hybridized carbons (Fsp3) is 0.190. The Hall–Kier alpha value is -2.57. The lowest BCUT2D eigenvalue weighted by atomic mass is 10.2. The highest BCUT2D eigenvalue weighted by atomic mass is 35.5. The molecule has 0 spiro atoms. The second-order valence-corrected chi connectivity index (χ2v) is 7.36. The zero-order valence-electron chi connectivity index (χ0n) is 15.6. The van der Waals surface area contributed by atoms with Crippen LogP contribution in [0.3, 0.4) is 0 Å². The molecule has 0 fully saturated rings. The van der Waals surface area contributed by atoms with Crippen molar-refractivity contribution in [2.75, 3.05) is 11.9 Å². The van der Waals surface area contributed by atoms with Gasteiger partial charge in [-0.15, -0.1) is 0 Å². The number of carbonyl (C=O) groups is 1. The molecular formula is C21H20ClN3O2S. The van der Waals surface area contributed by atoms with Gasteiger partial charge in [-0.3, -0.25) is 4.79 Å². The van der Waals surface area contributed by atoms with E-state index in [1.165, 1.54) is 29.1 Å². The van der Waals surface area contributed by atoms with Crippen LogP contribution >= 0.6 is 23.4 Å². The summed E-state index contributed by atoms with van der Waals surface area (Å²) in [6, 6.07) is 15.5. The van der Waals surface area contributed by atoms with E-state index < -0.39 is 5.91 Å². The van der Waals surface area contributed by atoms with E-state index in [0.717, 1.165) is 0 Å². The molecule has 1 amide bonds. The van der Waals surface area contributed by atoms with Crippen LogP contribution in [0.5, 0.6) is 5.75 Å². The standard InChI is InChI=1S/C21H20ClN3O2S/c1-3-27-18-10-5-4-9-17(18)24-20(26)19-16(22)12-23-21(25-19)28-13-15-8-6-7-14(2)11-15/h4-12H,3,13H2,1-2H3,(H,24,26). The van der Waals surface area contributed by atoms with Gasteiger partial charge in [-0.05, 0) is 31.5 Å². The van der Waals surface area contributed by atoms with Gasteiger partial charge in [0.1, 0.15) is 5.75 Å². The van der Waals surface area contributed by atoms with Gasteiger partial charge in [0.15, 0.2) is 10.9 Å². The molecule has 2 aromatic carbocycles. The monoisotopic (exact) mass is 413 g/mol. The quantitative estimate of drug-likeness (QED) is 0.416. The minimum Gasteiger partial charge on any atom is -0.492 e. The highest BCUT2D eigenvalue weighted by molar-refractivity contribution is 7.98. The number of aryl methyl sites for hydroxylation is 1. The molecule has 1 aromatic heterocycles.